The number of rotatable bonds is 8. The van der Waals surface area contributed by atoms with Crippen molar-refractivity contribution >= 4 is 11.8 Å². The molecule has 5 nitrogen and oxygen atoms in total. The molecule has 0 saturated heterocycles. The van der Waals surface area contributed by atoms with Crippen LogP contribution in [0.15, 0.2) is 54.6 Å². The Bertz CT molecular complexity index is 686. The van der Waals surface area contributed by atoms with Crippen molar-refractivity contribution < 1.29 is 14.3 Å². The van der Waals surface area contributed by atoms with Gasteiger partial charge in [0, 0.05) is 6.04 Å². The Labute approximate surface area is 141 Å². The van der Waals surface area contributed by atoms with Gasteiger partial charge in [-0.3, -0.25) is 9.59 Å². The number of ether oxygens (including phenoxy) is 1. The second-order valence-electron chi connectivity index (χ2n) is 5.64. The lowest BCUT2D eigenvalue weighted by Gasteiger charge is -2.15. The van der Waals surface area contributed by atoms with Gasteiger partial charge in [-0.1, -0.05) is 42.5 Å². The predicted molar refractivity (Wildman–Crippen MR) is 92.8 cm³/mol. The van der Waals surface area contributed by atoms with E-state index in [-0.39, 0.29) is 24.1 Å². The van der Waals surface area contributed by atoms with E-state index >= 15 is 0 Å². The summed E-state index contributed by atoms with van der Waals surface area (Å²) in [6, 6.07) is 16.8. The van der Waals surface area contributed by atoms with Gasteiger partial charge in [0.15, 0.2) is 6.61 Å². The summed E-state index contributed by atoms with van der Waals surface area (Å²) in [6.45, 7) is 1.80. The van der Waals surface area contributed by atoms with Gasteiger partial charge in [0.05, 0.1) is 5.56 Å². The van der Waals surface area contributed by atoms with Gasteiger partial charge < -0.3 is 15.8 Å². The van der Waals surface area contributed by atoms with E-state index in [0.29, 0.717) is 5.75 Å². The van der Waals surface area contributed by atoms with Gasteiger partial charge in [-0.25, -0.2) is 0 Å². The van der Waals surface area contributed by atoms with Crippen LogP contribution in [0.4, 0.5) is 0 Å². The molecule has 0 spiro atoms. The summed E-state index contributed by atoms with van der Waals surface area (Å²) in [5.74, 6) is -0.492. The fourth-order valence-electron chi connectivity index (χ4n) is 2.36. The molecule has 24 heavy (non-hydrogen) atoms. The Balaban J connectivity index is 1.78. The molecule has 0 saturated carbocycles. The van der Waals surface area contributed by atoms with Gasteiger partial charge in [-0.05, 0) is 37.5 Å². The molecule has 0 aromatic heterocycles. The zero-order valence-electron chi connectivity index (χ0n) is 13.7. The van der Waals surface area contributed by atoms with Crippen LogP contribution in [0.1, 0.15) is 29.3 Å². The molecule has 0 aliphatic heterocycles. The molecule has 126 valence electrons. The van der Waals surface area contributed by atoms with E-state index < -0.39 is 5.91 Å². The molecule has 2 aromatic rings. The maximum absolute atomic E-state index is 12.0. The highest BCUT2D eigenvalue weighted by Gasteiger charge is 2.12. The lowest BCUT2D eigenvalue weighted by atomic mass is 10.1. The third kappa shape index (κ3) is 5.43. The van der Waals surface area contributed by atoms with Crippen LogP contribution in [0.5, 0.6) is 5.75 Å². The molecule has 0 radical (unpaired) electrons. The van der Waals surface area contributed by atoms with Crippen molar-refractivity contribution in [1.82, 2.24) is 5.32 Å². The molecule has 1 atom stereocenters. The van der Waals surface area contributed by atoms with Crippen LogP contribution >= 0.6 is 0 Å². The van der Waals surface area contributed by atoms with Crippen LogP contribution < -0.4 is 15.8 Å². The van der Waals surface area contributed by atoms with E-state index in [0.717, 1.165) is 12.8 Å². The molecule has 2 aromatic carbocycles. The Morgan fingerprint density at radius 3 is 2.46 bits per heavy atom. The van der Waals surface area contributed by atoms with E-state index in [9.17, 15) is 9.59 Å². The van der Waals surface area contributed by atoms with Gasteiger partial charge >= 0.3 is 0 Å². The average Bonchev–Trinajstić information content (AvgIpc) is 2.59. The molecule has 0 aliphatic carbocycles. The number of nitrogens with two attached hydrogens (primary N) is 1. The van der Waals surface area contributed by atoms with Crippen molar-refractivity contribution in [3.05, 3.63) is 65.7 Å². The summed E-state index contributed by atoms with van der Waals surface area (Å²) in [5.41, 5.74) is 6.78. The van der Waals surface area contributed by atoms with Gasteiger partial charge in [0.2, 0.25) is 0 Å². The van der Waals surface area contributed by atoms with Crippen LogP contribution in [-0.4, -0.2) is 24.5 Å². The minimum absolute atomic E-state index is 0.0349. The van der Waals surface area contributed by atoms with Crippen LogP contribution in [-0.2, 0) is 11.2 Å². The summed E-state index contributed by atoms with van der Waals surface area (Å²) in [5, 5.41) is 2.89. The summed E-state index contributed by atoms with van der Waals surface area (Å²) < 4.78 is 5.41. The van der Waals surface area contributed by atoms with E-state index in [1.54, 1.807) is 24.3 Å². The van der Waals surface area contributed by atoms with Crippen molar-refractivity contribution in [3.63, 3.8) is 0 Å². The molecule has 0 bridgehead atoms. The number of hydrogen-bond acceptors (Lipinski definition) is 3. The van der Waals surface area contributed by atoms with Gasteiger partial charge in [0.1, 0.15) is 5.75 Å². The highest BCUT2D eigenvalue weighted by atomic mass is 16.5. The Morgan fingerprint density at radius 1 is 1.08 bits per heavy atom. The highest BCUT2D eigenvalue weighted by molar-refractivity contribution is 5.95. The standard InChI is InChI=1S/C19H22N2O3/c1-14(11-12-15-7-3-2-4-8-15)21-18(22)13-24-17-10-6-5-9-16(17)19(20)23/h2-10,14H,11-13H2,1H3,(H2,20,23)(H,21,22). The number of nitrogens with one attached hydrogen (secondary N) is 1. The number of para-hydroxylation sites is 1. The topological polar surface area (TPSA) is 81.4 Å². The average molecular weight is 326 g/mol. The van der Waals surface area contributed by atoms with Crippen molar-refractivity contribution in [2.75, 3.05) is 6.61 Å². The Morgan fingerprint density at radius 2 is 1.75 bits per heavy atom. The van der Waals surface area contributed by atoms with Crippen LogP contribution in [0.25, 0.3) is 0 Å². The summed E-state index contributed by atoms with van der Waals surface area (Å²) >= 11 is 0. The molecule has 1 unspecified atom stereocenters. The van der Waals surface area contributed by atoms with Crippen molar-refractivity contribution in [3.8, 4) is 5.75 Å². The van der Waals surface area contributed by atoms with Crippen LogP contribution in [0, 0.1) is 0 Å². The second-order valence-corrected chi connectivity index (χ2v) is 5.64. The zero-order chi connectivity index (χ0) is 17.4. The first-order valence-electron chi connectivity index (χ1n) is 7.91. The lowest BCUT2D eigenvalue weighted by Crippen LogP contribution is -2.36. The van der Waals surface area contributed by atoms with E-state index in [1.807, 2.05) is 25.1 Å². The smallest absolute Gasteiger partial charge is 0.258 e. The third-order valence-corrected chi connectivity index (χ3v) is 3.63. The fraction of sp³-hybridized carbons (Fsp3) is 0.263. The van der Waals surface area contributed by atoms with Gasteiger partial charge in [0.25, 0.3) is 11.8 Å². The summed E-state index contributed by atoms with van der Waals surface area (Å²) in [6.07, 6.45) is 1.74. The first kappa shape index (κ1) is 17.5. The Hall–Kier alpha value is -2.82. The maximum atomic E-state index is 12.0. The third-order valence-electron chi connectivity index (χ3n) is 3.63. The molecule has 2 rings (SSSR count). The minimum Gasteiger partial charge on any atom is -0.483 e. The first-order chi connectivity index (χ1) is 11.6. The molecule has 3 N–H and O–H groups in total. The molecule has 0 aliphatic rings. The number of benzene rings is 2. The molecule has 2 amide bonds. The normalized spacial score (nSPS) is 11.5. The zero-order valence-corrected chi connectivity index (χ0v) is 13.7. The summed E-state index contributed by atoms with van der Waals surface area (Å²) in [7, 11) is 0. The number of primary amides is 1. The molecule has 0 heterocycles. The lowest BCUT2D eigenvalue weighted by molar-refractivity contribution is -0.123. The SMILES string of the molecule is CC(CCc1ccccc1)NC(=O)COc1ccccc1C(N)=O. The van der Waals surface area contributed by atoms with Gasteiger partial charge in [-0.15, -0.1) is 0 Å². The minimum atomic E-state index is -0.581. The number of aryl methyl sites for hydroxylation is 1. The monoisotopic (exact) mass is 326 g/mol. The van der Waals surface area contributed by atoms with E-state index in [2.05, 4.69) is 17.4 Å². The number of amides is 2. The largest absolute Gasteiger partial charge is 0.483 e. The first-order valence-corrected chi connectivity index (χ1v) is 7.91. The van der Waals surface area contributed by atoms with Crippen molar-refractivity contribution in [2.24, 2.45) is 5.73 Å². The van der Waals surface area contributed by atoms with E-state index in [1.165, 1.54) is 5.56 Å². The number of carbonyl (C=O) groups excluding carboxylic acids is 2. The maximum Gasteiger partial charge on any atom is 0.258 e. The predicted octanol–water partition coefficient (Wildman–Crippen LogP) is 2.30. The second kappa shape index (κ2) is 8.72. The molecular weight excluding hydrogens is 304 g/mol. The fourth-order valence-corrected chi connectivity index (χ4v) is 2.36. The Kier molecular flexibility index (Phi) is 6.37. The number of carbonyl (C=O) groups is 2. The van der Waals surface area contributed by atoms with E-state index in [4.69, 9.17) is 10.5 Å². The number of hydrogen-bond donors (Lipinski definition) is 2. The van der Waals surface area contributed by atoms with Crippen LogP contribution in [0.2, 0.25) is 0 Å². The molecular formula is C19H22N2O3. The summed E-state index contributed by atoms with van der Waals surface area (Å²) in [4.78, 5) is 23.3. The van der Waals surface area contributed by atoms with Crippen molar-refractivity contribution in [1.29, 1.82) is 0 Å². The van der Waals surface area contributed by atoms with Crippen molar-refractivity contribution in [2.45, 2.75) is 25.8 Å². The van der Waals surface area contributed by atoms with Gasteiger partial charge in [-0.2, -0.15) is 0 Å². The molecule has 0 fully saturated rings. The highest BCUT2D eigenvalue weighted by Crippen LogP contribution is 2.16. The van der Waals surface area contributed by atoms with Crippen LogP contribution in [0.3, 0.4) is 0 Å². The quantitative estimate of drug-likeness (QED) is 0.781. The molecule has 5 heteroatoms.